The van der Waals surface area contributed by atoms with Crippen molar-refractivity contribution in [3.8, 4) is 5.75 Å². The topological polar surface area (TPSA) is 95.1 Å². The summed E-state index contributed by atoms with van der Waals surface area (Å²) in [5.41, 5.74) is 1.50. The van der Waals surface area contributed by atoms with E-state index in [0.29, 0.717) is 18.0 Å². The Kier molecular flexibility index (Phi) is 4.83. The van der Waals surface area contributed by atoms with Crippen LogP contribution in [0.4, 0.5) is 5.69 Å². The van der Waals surface area contributed by atoms with Gasteiger partial charge in [-0.3, -0.25) is 14.8 Å². The monoisotopic (exact) mass is 291 g/mol. The predicted octanol–water partition coefficient (Wildman–Crippen LogP) is 1.41. The molecule has 2 rings (SSSR count). The Morgan fingerprint density at radius 2 is 2.29 bits per heavy atom. The van der Waals surface area contributed by atoms with Crippen molar-refractivity contribution in [2.24, 2.45) is 7.05 Å². The highest BCUT2D eigenvalue weighted by Crippen LogP contribution is 2.24. The minimum absolute atomic E-state index is 0.0507. The quantitative estimate of drug-likeness (QED) is 0.612. The summed E-state index contributed by atoms with van der Waals surface area (Å²) in [5.74, 6) is 0.604. The molecule has 0 amide bonds. The Labute approximate surface area is 121 Å². The van der Waals surface area contributed by atoms with E-state index in [1.54, 1.807) is 24.0 Å². The van der Waals surface area contributed by atoms with Crippen molar-refractivity contribution in [2.45, 2.75) is 20.1 Å². The van der Waals surface area contributed by atoms with Crippen molar-refractivity contribution < 1.29 is 9.66 Å². The molecule has 0 saturated carbocycles. The van der Waals surface area contributed by atoms with E-state index in [1.807, 2.05) is 6.92 Å². The van der Waals surface area contributed by atoms with E-state index >= 15 is 0 Å². The first-order chi connectivity index (χ1) is 10.1. The molecule has 1 N–H and O–H groups in total. The predicted molar refractivity (Wildman–Crippen MR) is 75.8 cm³/mol. The van der Waals surface area contributed by atoms with Gasteiger partial charge in [0.05, 0.1) is 11.1 Å². The van der Waals surface area contributed by atoms with Crippen LogP contribution in [-0.2, 0) is 20.2 Å². The Bertz CT molecular complexity index is 626. The molecular weight excluding hydrogens is 274 g/mol. The van der Waals surface area contributed by atoms with Gasteiger partial charge in [0.25, 0.3) is 5.69 Å². The highest BCUT2D eigenvalue weighted by Gasteiger charge is 2.12. The molecule has 21 heavy (non-hydrogen) atoms. The summed E-state index contributed by atoms with van der Waals surface area (Å²) in [6, 6.07) is 4.57. The molecule has 0 radical (unpaired) electrons. The van der Waals surface area contributed by atoms with E-state index in [-0.39, 0.29) is 12.3 Å². The summed E-state index contributed by atoms with van der Waals surface area (Å²) in [6.45, 7) is 3.52. The summed E-state index contributed by atoms with van der Waals surface area (Å²) in [5, 5.41) is 21.7. The summed E-state index contributed by atoms with van der Waals surface area (Å²) >= 11 is 0. The van der Waals surface area contributed by atoms with Crippen LogP contribution in [0.25, 0.3) is 0 Å². The number of nitrogens with zero attached hydrogens (tertiary/aromatic N) is 4. The van der Waals surface area contributed by atoms with Gasteiger partial charge in [-0.25, -0.2) is 0 Å². The van der Waals surface area contributed by atoms with Gasteiger partial charge < -0.3 is 10.1 Å². The Hall–Kier alpha value is -2.48. The lowest BCUT2D eigenvalue weighted by atomic mass is 10.1. The van der Waals surface area contributed by atoms with E-state index in [4.69, 9.17) is 4.74 Å². The van der Waals surface area contributed by atoms with Crippen LogP contribution in [0, 0.1) is 10.1 Å². The first kappa shape index (κ1) is 14.9. The zero-order valence-corrected chi connectivity index (χ0v) is 11.9. The van der Waals surface area contributed by atoms with Crippen molar-refractivity contribution >= 4 is 5.69 Å². The molecule has 8 nitrogen and oxygen atoms in total. The number of hydrogen-bond acceptors (Lipinski definition) is 6. The average Bonchev–Trinajstić information content (AvgIpc) is 2.88. The minimum atomic E-state index is -0.415. The van der Waals surface area contributed by atoms with Gasteiger partial charge in [-0.05, 0) is 12.6 Å². The van der Waals surface area contributed by atoms with Crippen LogP contribution < -0.4 is 10.1 Å². The van der Waals surface area contributed by atoms with Crippen LogP contribution in [0.1, 0.15) is 18.2 Å². The maximum absolute atomic E-state index is 10.8. The third-order valence-corrected chi connectivity index (χ3v) is 2.85. The third kappa shape index (κ3) is 3.99. The molecule has 0 unspecified atom stereocenters. The lowest BCUT2D eigenvalue weighted by Gasteiger charge is -2.10. The lowest BCUT2D eigenvalue weighted by Crippen LogP contribution is -2.13. The van der Waals surface area contributed by atoms with E-state index in [1.165, 1.54) is 12.1 Å². The number of nitro groups is 1. The fraction of sp³-hybridized carbons (Fsp3) is 0.385. The molecule has 8 heteroatoms. The molecule has 0 spiro atoms. The van der Waals surface area contributed by atoms with Crippen LogP contribution in [0.5, 0.6) is 5.75 Å². The largest absolute Gasteiger partial charge is 0.487 e. The SMILES string of the molecule is CCNCc1cc([N+](=O)[O-])ccc1OCc1cn(C)nn1. The van der Waals surface area contributed by atoms with Gasteiger partial charge in [0, 0.05) is 31.3 Å². The van der Waals surface area contributed by atoms with Gasteiger partial charge in [0.2, 0.25) is 0 Å². The Morgan fingerprint density at radius 1 is 1.48 bits per heavy atom. The van der Waals surface area contributed by atoms with Crippen molar-refractivity contribution in [3.63, 3.8) is 0 Å². The van der Waals surface area contributed by atoms with Crippen LogP contribution in [0.2, 0.25) is 0 Å². The van der Waals surface area contributed by atoms with Crippen LogP contribution >= 0.6 is 0 Å². The fourth-order valence-corrected chi connectivity index (χ4v) is 1.83. The maximum atomic E-state index is 10.8. The molecule has 0 aliphatic heterocycles. The molecule has 0 atom stereocenters. The van der Waals surface area contributed by atoms with Gasteiger partial charge in [-0.1, -0.05) is 12.1 Å². The number of nitrogens with one attached hydrogen (secondary N) is 1. The molecule has 112 valence electrons. The smallest absolute Gasteiger partial charge is 0.270 e. The second-order valence-electron chi connectivity index (χ2n) is 4.50. The second kappa shape index (κ2) is 6.80. The summed E-state index contributed by atoms with van der Waals surface area (Å²) < 4.78 is 7.28. The lowest BCUT2D eigenvalue weighted by molar-refractivity contribution is -0.384. The molecule has 0 fully saturated rings. The minimum Gasteiger partial charge on any atom is -0.487 e. The van der Waals surface area contributed by atoms with Gasteiger partial charge in [0.1, 0.15) is 18.1 Å². The Balaban J connectivity index is 2.14. The van der Waals surface area contributed by atoms with E-state index in [2.05, 4.69) is 15.6 Å². The molecule has 1 aromatic heterocycles. The standard InChI is InChI=1S/C13H17N5O3/c1-3-14-7-10-6-12(18(19)20)4-5-13(10)21-9-11-8-17(2)16-15-11/h4-6,8,14H,3,7,9H2,1-2H3. The first-order valence-corrected chi connectivity index (χ1v) is 6.56. The molecule has 0 saturated heterocycles. The number of benzene rings is 1. The maximum Gasteiger partial charge on any atom is 0.270 e. The molecule has 2 aromatic rings. The summed E-state index contributed by atoms with van der Waals surface area (Å²) in [4.78, 5) is 10.4. The van der Waals surface area contributed by atoms with Crippen molar-refractivity contribution in [1.82, 2.24) is 20.3 Å². The second-order valence-corrected chi connectivity index (χ2v) is 4.50. The van der Waals surface area contributed by atoms with Gasteiger partial charge in [-0.15, -0.1) is 5.10 Å². The van der Waals surface area contributed by atoms with Crippen molar-refractivity contribution in [3.05, 3.63) is 45.8 Å². The zero-order chi connectivity index (χ0) is 15.2. The van der Waals surface area contributed by atoms with E-state index in [0.717, 1.165) is 12.1 Å². The van der Waals surface area contributed by atoms with Gasteiger partial charge >= 0.3 is 0 Å². The fourth-order valence-electron chi connectivity index (χ4n) is 1.83. The molecule has 1 aromatic carbocycles. The third-order valence-electron chi connectivity index (χ3n) is 2.85. The molecule has 1 heterocycles. The summed E-state index contributed by atoms with van der Waals surface area (Å²) in [7, 11) is 1.78. The number of rotatable bonds is 7. The van der Waals surface area contributed by atoms with Crippen molar-refractivity contribution in [2.75, 3.05) is 6.54 Å². The highest BCUT2D eigenvalue weighted by molar-refractivity contribution is 5.43. The van der Waals surface area contributed by atoms with E-state index < -0.39 is 4.92 Å². The number of aryl methyl sites for hydroxylation is 1. The van der Waals surface area contributed by atoms with E-state index in [9.17, 15) is 10.1 Å². The van der Waals surface area contributed by atoms with Gasteiger partial charge in [0.15, 0.2) is 0 Å². The zero-order valence-electron chi connectivity index (χ0n) is 11.9. The summed E-state index contributed by atoms with van der Waals surface area (Å²) in [6.07, 6.45) is 1.76. The van der Waals surface area contributed by atoms with Crippen LogP contribution in [-0.4, -0.2) is 26.5 Å². The number of non-ortho nitro benzene ring substituents is 1. The highest BCUT2D eigenvalue weighted by atomic mass is 16.6. The number of ether oxygens (including phenoxy) is 1. The number of aromatic nitrogens is 3. The normalized spacial score (nSPS) is 10.6. The Morgan fingerprint density at radius 3 is 2.90 bits per heavy atom. The number of nitro benzene ring substituents is 1. The molecule has 0 aliphatic carbocycles. The van der Waals surface area contributed by atoms with Gasteiger partial charge in [-0.2, -0.15) is 0 Å². The van der Waals surface area contributed by atoms with Crippen LogP contribution in [0.3, 0.4) is 0 Å². The molecule has 0 aliphatic rings. The average molecular weight is 291 g/mol. The molecule has 0 bridgehead atoms. The van der Waals surface area contributed by atoms with Crippen LogP contribution in [0.15, 0.2) is 24.4 Å². The first-order valence-electron chi connectivity index (χ1n) is 6.56. The van der Waals surface area contributed by atoms with Crippen molar-refractivity contribution in [1.29, 1.82) is 0 Å². The number of hydrogen-bond donors (Lipinski definition) is 1. The molecular formula is C13H17N5O3.